The van der Waals surface area contributed by atoms with Crippen LogP contribution < -0.4 is 0 Å². The number of halogens is 1. The maximum absolute atomic E-state index is 12.5. The summed E-state index contributed by atoms with van der Waals surface area (Å²) in [6.45, 7) is 4.25. The molecule has 0 aliphatic carbocycles. The number of hydrazone groups is 1. The fraction of sp³-hybridized carbons (Fsp3) is 0.375. The predicted molar refractivity (Wildman–Crippen MR) is 88.9 cm³/mol. The van der Waals surface area contributed by atoms with Gasteiger partial charge in [0.25, 0.3) is 0 Å². The van der Waals surface area contributed by atoms with Gasteiger partial charge in [-0.25, -0.2) is 9.80 Å². The summed E-state index contributed by atoms with van der Waals surface area (Å²) in [7, 11) is 0. The number of benzene rings is 1. The summed E-state index contributed by atoms with van der Waals surface area (Å²) in [6.07, 6.45) is 0. The molecule has 1 unspecified atom stereocenters. The fourth-order valence-corrected chi connectivity index (χ4v) is 3.06. The van der Waals surface area contributed by atoms with E-state index in [9.17, 15) is 14.4 Å². The van der Waals surface area contributed by atoms with E-state index in [2.05, 4.69) is 5.10 Å². The second-order valence-electron chi connectivity index (χ2n) is 5.85. The van der Waals surface area contributed by atoms with E-state index in [0.717, 1.165) is 16.1 Å². The summed E-state index contributed by atoms with van der Waals surface area (Å²) in [4.78, 5) is 38.3. The largest absolute Gasteiger partial charge is 0.336 e. The molecule has 1 saturated heterocycles. The van der Waals surface area contributed by atoms with Crippen molar-refractivity contribution in [2.75, 3.05) is 19.6 Å². The Kier molecular flexibility index (Phi) is 4.28. The zero-order valence-corrected chi connectivity index (χ0v) is 14.2. The van der Waals surface area contributed by atoms with E-state index in [0.29, 0.717) is 18.8 Å². The van der Waals surface area contributed by atoms with Crippen LogP contribution in [0.4, 0.5) is 9.59 Å². The third-order valence-corrected chi connectivity index (χ3v) is 4.43. The quantitative estimate of drug-likeness (QED) is 0.606. The van der Waals surface area contributed by atoms with Crippen molar-refractivity contribution in [1.82, 2.24) is 14.8 Å². The minimum absolute atomic E-state index is 0.184. The number of rotatable bonds is 2. The van der Waals surface area contributed by atoms with Gasteiger partial charge >= 0.3 is 11.4 Å². The number of nitrogens with zero attached hydrogens (tertiary/aromatic N) is 4. The summed E-state index contributed by atoms with van der Waals surface area (Å²) >= 11 is 5.56. The minimum atomic E-state index is -0.697. The summed E-state index contributed by atoms with van der Waals surface area (Å²) < 4.78 is 0. The molecule has 1 fully saturated rings. The van der Waals surface area contributed by atoms with Crippen molar-refractivity contribution in [3.05, 3.63) is 35.4 Å². The van der Waals surface area contributed by atoms with Crippen LogP contribution in [0.5, 0.6) is 0 Å². The molecule has 1 aromatic carbocycles. The molecule has 126 valence electrons. The van der Waals surface area contributed by atoms with Gasteiger partial charge < -0.3 is 4.90 Å². The van der Waals surface area contributed by atoms with Gasteiger partial charge in [0.2, 0.25) is 5.91 Å². The third-order valence-electron chi connectivity index (χ3n) is 4.24. The molecule has 2 aliphatic rings. The van der Waals surface area contributed by atoms with Gasteiger partial charge in [-0.05, 0) is 24.1 Å². The third kappa shape index (κ3) is 2.87. The van der Waals surface area contributed by atoms with E-state index in [-0.39, 0.29) is 18.5 Å². The lowest BCUT2D eigenvalue weighted by molar-refractivity contribution is -0.125. The Morgan fingerprint density at radius 2 is 1.88 bits per heavy atom. The van der Waals surface area contributed by atoms with E-state index in [1.165, 1.54) is 11.8 Å². The zero-order valence-electron chi connectivity index (χ0n) is 13.4. The lowest BCUT2D eigenvalue weighted by Crippen LogP contribution is -2.46. The van der Waals surface area contributed by atoms with Gasteiger partial charge in [-0.2, -0.15) is 5.10 Å². The normalized spacial score (nSPS) is 20.6. The Hall–Kier alpha value is -2.41. The smallest absolute Gasteiger partial charge is 0.312 e. The van der Waals surface area contributed by atoms with Gasteiger partial charge in [0.05, 0.1) is 18.3 Å². The van der Waals surface area contributed by atoms with Crippen molar-refractivity contribution in [2.24, 2.45) is 5.10 Å². The Morgan fingerprint density at radius 1 is 1.21 bits per heavy atom. The monoisotopic (exact) mass is 348 g/mol. The molecule has 8 heteroatoms. The van der Waals surface area contributed by atoms with Crippen LogP contribution in [-0.2, 0) is 4.79 Å². The molecule has 0 spiro atoms. The highest BCUT2D eigenvalue weighted by molar-refractivity contribution is 6.62. The SMILES string of the molecule is CC(=O)N1CCN(C2CN(C(=O)Cl)N=C2c2ccc(C)cc2)C1=O. The lowest BCUT2D eigenvalue weighted by atomic mass is 10.0. The van der Waals surface area contributed by atoms with Gasteiger partial charge in [0, 0.05) is 20.0 Å². The molecule has 24 heavy (non-hydrogen) atoms. The highest BCUT2D eigenvalue weighted by atomic mass is 35.5. The van der Waals surface area contributed by atoms with Crippen molar-refractivity contribution >= 4 is 34.6 Å². The van der Waals surface area contributed by atoms with Gasteiger partial charge in [-0.1, -0.05) is 29.8 Å². The molecule has 1 aromatic rings. The van der Waals surface area contributed by atoms with Crippen LogP contribution in [-0.4, -0.2) is 63.5 Å². The average Bonchev–Trinajstić information content (AvgIpc) is 3.11. The van der Waals surface area contributed by atoms with Gasteiger partial charge in [0.15, 0.2) is 0 Å². The standard InChI is InChI=1S/C16H17ClN4O3/c1-10-3-5-12(6-4-10)14-13(9-21(18-14)15(17)23)20-8-7-19(11(2)22)16(20)24/h3-6,13H,7-9H2,1-2H3. The van der Waals surface area contributed by atoms with E-state index >= 15 is 0 Å². The summed E-state index contributed by atoms with van der Waals surface area (Å²) in [6, 6.07) is 6.88. The van der Waals surface area contributed by atoms with Crippen LogP contribution >= 0.6 is 11.6 Å². The van der Waals surface area contributed by atoms with E-state index in [1.54, 1.807) is 4.90 Å². The molecule has 7 nitrogen and oxygen atoms in total. The Bertz CT molecular complexity index is 731. The van der Waals surface area contributed by atoms with Crippen molar-refractivity contribution < 1.29 is 14.4 Å². The maximum atomic E-state index is 12.5. The highest BCUT2D eigenvalue weighted by Crippen LogP contribution is 2.24. The molecule has 0 bridgehead atoms. The van der Waals surface area contributed by atoms with E-state index in [4.69, 9.17) is 11.6 Å². The number of aryl methyl sites for hydroxylation is 1. The Labute approximate surface area is 144 Å². The molecular weight excluding hydrogens is 332 g/mol. The number of urea groups is 1. The van der Waals surface area contributed by atoms with Crippen molar-refractivity contribution in [3.63, 3.8) is 0 Å². The molecule has 0 saturated carbocycles. The lowest BCUT2D eigenvalue weighted by Gasteiger charge is -2.25. The Morgan fingerprint density at radius 3 is 2.42 bits per heavy atom. The van der Waals surface area contributed by atoms with Crippen molar-refractivity contribution in [2.45, 2.75) is 19.9 Å². The summed E-state index contributed by atoms with van der Waals surface area (Å²) in [5, 5.41) is 4.74. The molecule has 2 heterocycles. The molecule has 4 amide bonds. The van der Waals surface area contributed by atoms with E-state index in [1.807, 2.05) is 31.2 Å². The summed E-state index contributed by atoms with van der Waals surface area (Å²) in [5.74, 6) is -0.292. The van der Waals surface area contributed by atoms with Crippen LogP contribution in [0.15, 0.2) is 29.4 Å². The predicted octanol–water partition coefficient (Wildman–Crippen LogP) is 2.03. The maximum Gasteiger partial charge on any atom is 0.336 e. The topological polar surface area (TPSA) is 73.3 Å². The first-order valence-electron chi connectivity index (χ1n) is 7.59. The molecular formula is C16H17ClN4O3. The number of imide groups is 1. The fourth-order valence-electron chi connectivity index (χ4n) is 2.95. The molecule has 0 N–H and O–H groups in total. The van der Waals surface area contributed by atoms with Crippen molar-refractivity contribution in [1.29, 1.82) is 0 Å². The molecule has 3 rings (SSSR count). The first-order chi connectivity index (χ1) is 11.4. The van der Waals surface area contributed by atoms with Gasteiger partial charge in [-0.3, -0.25) is 14.5 Å². The van der Waals surface area contributed by atoms with E-state index < -0.39 is 11.4 Å². The molecule has 0 aromatic heterocycles. The number of carbonyl (C=O) groups excluding carboxylic acids is 3. The molecule has 0 radical (unpaired) electrons. The number of amides is 4. The van der Waals surface area contributed by atoms with Crippen LogP contribution in [0, 0.1) is 6.92 Å². The number of hydrogen-bond acceptors (Lipinski definition) is 4. The zero-order chi connectivity index (χ0) is 17.4. The van der Waals surface area contributed by atoms with Crippen LogP contribution in [0.3, 0.4) is 0 Å². The first-order valence-corrected chi connectivity index (χ1v) is 7.97. The number of carbonyl (C=O) groups is 3. The summed E-state index contributed by atoms with van der Waals surface area (Å²) in [5.41, 5.74) is 2.52. The van der Waals surface area contributed by atoms with Crippen LogP contribution in [0.25, 0.3) is 0 Å². The highest BCUT2D eigenvalue weighted by Gasteiger charge is 2.42. The minimum Gasteiger partial charge on any atom is -0.312 e. The molecule has 2 aliphatic heterocycles. The van der Waals surface area contributed by atoms with Crippen LogP contribution in [0.2, 0.25) is 0 Å². The molecule has 1 atom stereocenters. The average molecular weight is 349 g/mol. The second-order valence-corrected chi connectivity index (χ2v) is 6.17. The van der Waals surface area contributed by atoms with Gasteiger partial charge in [0.1, 0.15) is 0 Å². The second kappa shape index (κ2) is 6.24. The van der Waals surface area contributed by atoms with Gasteiger partial charge in [-0.15, -0.1) is 0 Å². The van der Waals surface area contributed by atoms with Crippen molar-refractivity contribution in [3.8, 4) is 0 Å². The Balaban J connectivity index is 1.93. The van der Waals surface area contributed by atoms with Crippen LogP contribution in [0.1, 0.15) is 18.1 Å². The first kappa shape index (κ1) is 16.4. The number of hydrogen-bond donors (Lipinski definition) is 0.